The van der Waals surface area contributed by atoms with Gasteiger partial charge in [0.15, 0.2) is 0 Å². The van der Waals surface area contributed by atoms with Gasteiger partial charge in [-0.05, 0) is 56.6 Å². The van der Waals surface area contributed by atoms with Crippen LogP contribution in [0.1, 0.15) is 65.0 Å². The number of ether oxygens (including phenoxy) is 2. The molecule has 4 rings (SSSR count). The molecule has 1 aliphatic heterocycles. The second-order valence-electron chi connectivity index (χ2n) is 8.01. The predicted octanol–water partition coefficient (Wildman–Crippen LogP) is 4.25. The number of aryl methyl sites for hydroxylation is 1. The molecule has 1 amide bonds. The van der Waals surface area contributed by atoms with Crippen LogP contribution in [0.5, 0.6) is 0 Å². The molecule has 2 aromatic rings. The van der Waals surface area contributed by atoms with Gasteiger partial charge in [0, 0.05) is 18.0 Å². The van der Waals surface area contributed by atoms with E-state index in [1.807, 2.05) is 30.3 Å². The molecule has 0 bridgehead atoms. The number of amides is 1. The summed E-state index contributed by atoms with van der Waals surface area (Å²) in [5.74, 6) is -0.519. The number of benzene rings is 1. The van der Waals surface area contributed by atoms with Gasteiger partial charge in [0.2, 0.25) is 5.91 Å². The standard InChI is InChI=1S/C24H30N2O4S/c1-2-29-24(28)20-18-12-6-7-13-19(18)31-23(20)26-22(27)21(16-9-4-3-5-10-16)25-15-17-11-8-14-30-17/h3-5,9-10,17,21,25H,2,6-8,11-15H2,1H3,(H,26,27)/t17-,21+/m1/s1. The Kier molecular flexibility index (Phi) is 7.37. The summed E-state index contributed by atoms with van der Waals surface area (Å²) in [6.45, 7) is 3.50. The Bertz CT molecular complexity index is 906. The summed E-state index contributed by atoms with van der Waals surface area (Å²) in [5.41, 5.74) is 2.48. The molecule has 1 fully saturated rings. The van der Waals surface area contributed by atoms with Gasteiger partial charge < -0.3 is 14.8 Å². The van der Waals surface area contributed by atoms with E-state index in [1.165, 1.54) is 16.2 Å². The largest absolute Gasteiger partial charge is 0.462 e. The molecule has 2 heterocycles. The molecule has 6 nitrogen and oxygen atoms in total. The second-order valence-corrected chi connectivity index (χ2v) is 9.12. The smallest absolute Gasteiger partial charge is 0.341 e. The van der Waals surface area contributed by atoms with Gasteiger partial charge >= 0.3 is 5.97 Å². The zero-order chi connectivity index (χ0) is 21.6. The van der Waals surface area contributed by atoms with Crippen molar-refractivity contribution in [3.63, 3.8) is 0 Å². The molecule has 166 valence electrons. The van der Waals surface area contributed by atoms with Crippen molar-refractivity contribution in [2.24, 2.45) is 0 Å². The number of hydrogen-bond donors (Lipinski definition) is 2. The number of fused-ring (bicyclic) bond motifs is 1. The Morgan fingerprint density at radius 2 is 2.00 bits per heavy atom. The average Bonchev–Trinajstić information content (AvgIpc) is 3.42. The van der Waals surface area contributed by atoms with Gasteiger partial charge in [-0.2, -0.15) is 0 Å². The quantitative estimate of drug-likeness (QED) is 0.598. The SMILES string of the molecule is CCOC(=O)c1c(NC(=O)[C@@H](NC[C@H]2CCCO2)c2ccccc2)sc2c1CCCC2. The normalized spacial score (nSPS) is 18.9. The van der Waals surface area contributed by atoms with Crippen LogP contribution in [0, 0.1) is 0 Å². The highest BCUT2D eigenvalue weighted by atomic mass is 32.1. The molecule has 7 heteroatoms. The molecule has 1 aromatic carbocycles. The molecule has 2 aliphatic rings. The minimum Gasteiger partial charge on any atom is -0.462 e. The number of carbonyl (C=O) groups excluding carboxylic acids is 2. The third kappa shape index (κ3) is 5.17. The lowest BCUT2D eigenvalue weighted by molar-refractivity contribution is -0.118. The van der Waals surface area contributed by atoms with Crippen LogP contribution in [0.15, 0.2) is 30.3 Å². The summed E-state index contributed by atoms with van der Waals surface area (Å²) in [5, 5.41) is 7.05. The summed E-state index contributed by atoms with van der Waals surface area (Å²) < 4.78 is 11.0. The maximum absolute atomic E-state index is 13.4. The molecule has 1 saturated heterocycles. The van der Waals surface area contributed by atoms with Crippen molar-refractivity contribution in [3.05, 3.63) is 51.9 Å². The van der Waals surface area contributed by atoms with Crippen molar-refractivity contribution in [1.29, 1.82) is 0 Å². The molecule has 0 spiro atoms. The second kappa shape index (κ2) is 10.4. The Morgan fingerprint density at radius 3 is 2.74 bits per heavy atom. The molecule has 0 unspecified atom stereocenters. The zero-order valence-electron chi connectivity index (χ0n) is 17.9. The lowest BCUT2D eigenvalue weighted by Gasteiger charge is -2.21. The van der Waals surface area contributed by atoms with E-state index in [4.69, 9.17) is 9.47 Å². The third-order valence-corrected chi connectivity index (χ3v) is 7.06. The monoisotopic (exact) mass is 442 g/mol. The van der Waals surface area contributed by atoms with Crippen LogP contribution in [0.3, 0.4) is 0 Å². The van der Waals surface area contributed by atoms with Crippen LogP contribution < -0.4 is 10.6 Å². The molecule has 0 radical (unpaired) electrons. The predicted molar refractivity (Wildman–Crippen MR) is 122 cm³/mol. The topological polar surface area (TPSA) is 76.7 Å². The van der Waals surface area contributed by atoms with Crippen molar-refractivity contribution >= 4 is 28.2 Å². The minimum absolute atomic E-state index is 0.128. The Balaban J connectivity index is 1.57. The van der Waals surface area contributed by atoms with Gasteiger partial charge in [-0.15, -0.1) is 11.3 Å². The molecule has 31 heavy (non-hydrogen) atoms. The summed E-state index contributed by atoms with van der Waals surface area (Å²) >= 11 is 1.52. The van der Waals surface area contributed by atoms with Crippen molar-refractivity contribution in [2.75, 3.05) is 25.1 Å². The molecular weight excluding hydrogens is 412 g/mol. The van der Waals surface area contributed by atoms with Crippen LogP contribution in [-0.4, -0.2) is 37.7 Å². The van der Waals surface area contributed by atoms with Gasteiger partial charge in [-0.25, -0.2) is 4.79 Å². The van der Waals surface area contributed by atoms with E-state index in [9.17, 15) is 9.59 Å². The third-order valence-electron chi connectivity index (χ3n) is 5.86. The van der Waals surface area contributed by atoms with Crippen LogP contribution in [0.2, 0.25) is 0 Å². The van der Waals surface area contributed by atoms with E-state index in [1.54, 1.807) is 6.92 Å². The first-order valence-corrected chi connectivity index (χ1v) is 12.0. The van der Waals surface area contributed by atoms with E-state index in [0.29, 0.717) is 23.7 Å². The number of thiophene rings is 1. The Morgan fingerprint density at radius 1 is 1.19 bits per heavy atom. The van der Waals surface area contributed by atoms with Crippen LogP contribution in [-0.2, 0) is 27.1 Å². The fourth-order valence-corrected chi connectivity index (χ4v) is 5.60. The first-order valence-electron chi connectivity index (χ1n) is 11.2. The highest BCUT2D eigenvalue weighted by molar-refractivity contribution is 7.17. The summed E-state index contributed by atoms with van der Waals surface area (Å²) in [6.07, 6.45) is 6.15. The number of anilines is 1. The number of esters is 1. The Labute approximate surface area is 187 Å². The van der Waals surface area contributed by atoms with E-state index in [2.05, 4.69) is 10.6 Å². The molecule has 2 atom stereocenters. The van der Waals surface area contributed by atoms with E-state index in [0.717, 1.165) is 56.3 Å². The molecule has 0 saturated carbocycles. The zero-order valence-corrected chi connectivity index (χ0v) is 18.8. The Hall–Kier alpha value is -2.22. The highest BCUT2D eigenvalue weighted by Crippen LogP contribution is 2.39. The van der Waals surface area contributed by atoms with Crippen molar-refractivity contribution in [1.82, 2.24) is 5.32 Å². The molecular formula is C24H30N2O4S. The fraction of sp³-hybridized carbons (Fsp3) is 0.500. The maximum atomic E-state index is 13.4. The van der Waals surface area contributed by atoms with Crippen molar-refractivity contribution < 1.29 is 19.1 Å². The fourth-order valence-electron chi connectivity index (χ4n) is 4.32. The number of hydrogen-bond acceptors (Lipinski definition) is 6. The number of nitrogens with one attached hydrogen (secondary N) is 2. The van der Waals surface area contributed by atoms with Gasteiger partial charge in [0.1, 0.15) is 11.0 Å². The lowest BCUT2D eigenvalue weighted by atomic mass is 9.95. The summed E-state index contributed by atoms with van der Waals surface area (Å²) in [6, 6.07) is 9.15. The van der Waals surface area contributed by atoms with Gasteiger partial charge in [-0.1, -0.05) is 30.3 Å². The first kappa shape index (κ1) is 22.0. The number of rotatable bonds is 8. The van der Waals surface area contributed by atoms with Gasteiger partial charge in [0.25, 0.3) is 0 Å². The van der Waals surface area contributed by atoms with Crippen LogP contribution in [0.25, 0.3) is 0 Å². The van der Waals surface area contributed by atoms with Crippen molar-refractivity contribution in [3.8, 4) is 0 Å². The van der Waals surface area contributed by atoms with Crippen LogP contribution >= 0.6 is 11.3 Å². The lowest BCUT2D eigenvalue weighted by Crippen LogP contribution is -2.37. The van der Waals surface area contributed by atoms with Gasteiger partial charge in [-0.3, -0.25) is 10.1 Å². The summed E-state index contributed by atoms with van der Waals surface area (Å²) in [7, 11) is 0. The van der Waals surface area contributed by atoms with Gasteiger partial charge in [0.05, 0.1) is 18.3 Å². The number of carbonyl (C=O) groups is 2. The summed E-state index contributed by atoms with van der Waals surface area (Å²) in [4.78, 5) is 27.3. The molecule has 1 aliphatic carbocycles. The van der Waals surface area contributed by atoms with E-state index in [-0.39, 0.29) is 18.0 Å². The highest BCUT2D eigenvalue weighted by Gasteiger charge is 2.30. The maximum Gasteiger partial charge on any atom is 0.341 e. The van der Waals surface area contributed by atoms with Crippen molar-refractivity contribution in [2.45, 2.75) is 57.6 Å². The molecule has 1 aromatic heterocycles. The molecule has 2 N–H and O–H groups in total. The average molecular weight is 443 g/mol. The first-order chi connectivity index (χ1) is 15.2. The van der Waals surface area contributed by atoms with E-state index >= 15 is 0 Å². The van der Waals surface area contributed by atoms with Crippen LogP contribution in [0.4, 0.5) is 5.00 Å². The minimum atomic E-state index is -0.528. The van der Waals surface area contributed by atoms with E-state index < -0.39 is 6.04 Å².